The first-order valence-corrected chi connectivity index (χ1v) is 7.55. The van der Waals surface area contributed by atoms with E-state index < -0.39 is 10.0 Å². The Morgan fingerprint density at radius 2 is 2.16 bits per heavy atom. The summed E-state index contributed by atoms with van der Waals surface area (Å²) in [6, 6.07) is 4.93. The van der Waals surface area contributed by atoms with E-state index in [9.17, 15) is 8.42 Å². The molecule has 0 saturated heterocycles. The number of rotatable bonds is 4. The van der Waals surface area contributed by atoms with Crippen LogP contribution in [0.3, 0.4) is 0 Å². The maximum absolute atomic E-state index is 12.0. The standard InChI is InChI=1S/C11H11Cl2N3O2S/c1-16-4-2-3-8(16)6-15-19(17,18)9-5-10(12)11(13)14-7-9/h2-5,7,15H,6H2,1H3. The molecule has 2 aromatic rings. The van der Waals surface area contributed by atoms with Crippen LogP contribution >= 0.6 is 23.2 Å². The Labute approximate surface area is 121 Å². The number of nitrogens with zero attached hydrogens (tertiary/aromatic N) is 2. The summed E-state index contributed by atoms with van der Waals surface area (Å²) in [6.07, 6.45) is 3.01. The zero-order valence-corrected chi connectivity index (χ0v) is 12.3. The van der Waals surface area contributed by atoms with Gasteiger partial charge in [0.15, 0.2) is 0 Å². The third-order valence-electron chi connectivity index (χ3n) is 2.58. The number of nitrogens with one attached hydrogen (secondary N) is 1. The van der Waals surface area contributed by atoms with Crippen LogP contribution in [0, 0.1) is 0 Å². The fraction of sp³-hybridized carbons (Fsp3) is 0.182. The Balaban J connectivity index is 2.18. The predicted molar refractivity (Wildman–Crippen MR) is 73.7 cm³/mol. The largest absolute Gasteiger partial charge is 0.353 e. The van der Waals surface area contributed by atoms with Crippen molar-refractivity contribution in [2.24, 2.45) is 7.05 Å². The van der Waals surface area contributed by atoms with Gasteiger partial charge in [-0.05, 0) is 18.2 Å². The molecule has 0 atom stereocenters. The second kappa shape index (κ2) is 5.50. The Morgan fingerprint density at radius 3 is 2.74 bits per heavy atom. The van der Waals surface area contributed by atoms with Crippen molar-refractivity contribution >= 4 is 33.2 Å². The Kier molecular flexibility index (Phi) is 4.15. The molecule has 0 aromatic carbocycles. The molecule has 2 heterocycles. The fourth-order valence-electron chi connectivity index (χ4n) is 1.48. The maximum Gasteiger partial charge on any atom is 0.242 e. The summed E-state index contributed by atoms with van der Waals surface area (Å²) in [5.74, 6) is 0. The number of aryl methyl sites for hydroxylation is 1. The minimum Gasteiger partial charge on any atom is -0.353 e. The van der Waals surface area contributed by atoms with Gasteiger partial charge in [-0.25, -0.2) is 18.1 Å². The van der Waals surface area contributed by atoms with Crippen LogP contribution in [0.25, 0.3) is 0 Å². The molecule has 0 fully saturated rings. The lowest BCUT2D eigenvalue weighted by Crippen LogP contribution is -2.24. The molecule has 0 aliphatic carbocycles. The highest BCUT2D eigenvalue weighted by molar-refractivity contribution is 7.89. The van der Waals surface area contributed by atoms with Gasteiger partial charge >= 0.3 is 0 Å². The van der Waals surface area contributed by atoms with E-state index in [2.05, 4.69) is 9.71 Å². The monoisotopic (exact) mass is 319 g/mol. The second-order valence-electron chi connectivity index (χ2n) is 3.88. The SMILES string of the molecule is Cn1cccc1CNS(=O)(=O)c1cnc(Cl)c(Cl)c1. The van der Waals surface area contributed by atoms with Gasteiger partial charge in [0, 0.05) is 25.1 Å². The van der Waals surface area contributed by atoms with Gasteiger partial charge in [0.05, 0.1) is 11.6 Å². The highest BCUT2D eigenvalue weighted by Crippen LogP contribution is 2.22. The van der Waals surface area contributed by atoms with E-state index in [-0.39, 0.29) is 21.6 Å². The van der Waals surface area contributed by atoms with Gasteiger partial charge in [-0.15, -0.1) is 0 Å². The van der Waals surface area contributed by atoms with Crippen LogP contribution in [0.2, 0.25) is 10.2 Å². The molecule has 0 aliphatic heterocycles. The topological polar surface area (TPSA) is 64.0 Å². The van der Waals surface area contributed by atoms with Crippen LogP contribution in [0.5, 0.6) is 0 Å². The summed E-state index contributed by atoms with van der Waals surface area (Å²) >= 11 is 11.4. The Morgan fingerprint density at radius 1 is 1.42 bits per heavy atom. The van der Waals surface area contributed by atoms with Crippen molar-refractivity contribution in [3.05, 3.63) is 46.5 Å². The molecule has 0 spiro atoms. The first-order chi connectivity index (χ1) is 8.90. The van der Waals surface area contributed by atoms with Crippen LogP contribution in [0.4, 0.5) is 0 Å². The van der Waals surface area contributed by atoms with E-state index in [0.717, 1.165) is 5.69 Å². The van der Waals surface area contributed by atoms with E-state index in [4.69, 9.17) is 23.2 Å². The molecule has 2 aromatic heterocycles. The van der Waals surface area contributed by atoms with E-state index in [1.807, 2.05) is 29.9 Å². The van der Waals surface area contributed by atoms with Crippen LogP contribution < -0.4 is 4.72 Å². The average Bonchev–Trinajstić information content (AvgIpc) is 2.76. The molecule has 0 amide bonds. The molecule has 0 aliphatic rings. The molecular formula is C11H11Cl2N3O2S. The molecule has 0 saturated carbocycles. The molecule has 0 unspecified atom stereocenters. The second-order valence-corrected chi connectivity index (χ2v) is 6.41. The molecule has 0 bridgehead atoms. The van der Waals surface area contributed by atoms with Gasteiger partial charge in [0.25, 0.3) is 0 Å². The number of sulfonamides is 1. The van der Waals surface area contributed by atoms with E-state index >= 15 is 0 Å². The van der Waals surface area contributed by atoms with Crippen LogP contribution in [0.15, 0.2) is 35.5 Å². The first-order valence-electron chi connectivity index (χ1n) is 5.31. The number of aromatic nitrogens is 2. The number of halogens is 2. The fourth-order valence-corrected chi connectivity index (χ4v) is 2.79. The van der Waals surface area contributed by atoms with E-state index in [1.54, 1.807) is 0 Å². The van der Waals surface area contributed by atoms with Crippen molar-refractivity contribution in [3.8, 4) is 0 Å². The van der Waals surface area contributed by atoms with Crippen molar-refractivity contribution in [1.82, 2.24) is 14.3 Å². The quantitative estimate of drug-likeness (QED) is 0.879. The maximum atomic E-state index is 12.0. The summed E-state index contributed by atoms with van der Waals surface area (Å²) in [5.41, 5.74) is 0.844. The molecule has 0 radical (unpaired) electrons. The minimum absolute atomic E-state index is 0.0175. The van der Waals surface area contributed by atoms with Gasteiger partial charge in [-0.3, -0.25) is 0 Å². The summed E-state index contributed by atoms with van der Waals surface area (Å²) in [4.78, 5) is 3.70. The zero-order valence-electron chi connectivity index (χ0n) is 9.97. The van der Waals surface area contributed by atoms with Crippen molar-refractivity contribution in [2.45, 2.75) is 11.4 Å². The molecule has 8 heteroatoms. The van der Waals surface area contributed by atoms with Gasteiger partial charge in [0.2, 0.25) is 10.0 Å². The predicted octanol–water partition coefficient (Wildman–Crippen LogP) is 2.21. The molecule has 5 nitrogen and oxygen atoms in total. The summed E-state index contributed by atoms with van der Waals surface area (Å²) < 4.78 is 28.4. The van der Waals surface area contributed by atoms with Crippen LogP contribution in [-0.4, -0.2) is 18.0 Å². The molecule has 102 valence electrons. The highest BCUT2D eigenvalue weighted by atomic mass is 35.5. The summed E-state index contributed by atoms with van der Waals surface area (Å²) in [7, 11) is -1.82. The number of hydrogen-bond acceptors (Lipinski definition) is 3. The zero-order chi connectivity index (χ0) is 14.0. The normalized spacial score (nSPS) is 11.7. The molecule has 19 heavy (non-hydrogen) atoms. The van der Waals surface area contributed by atoms with Gasteiger partial charge < -0.3 is 4.57 Å². The number of pyridine rings is 1. The van der Waals surface area contributed by atoms with Gasteiger partial charge in [-0.1, -0.05) is 23.2 Å². The Hall–Kier alpha value is -1.08. The lowest BCUT2D eigenvalue weighted by molar-refractivity contribution is 0.578. The molecule has 2 rings (SSSR count). The average molecular weight is 320 g/mol. The lowest BCUT2D eigenvalue weighted by Gasteiger charge is -2.08. The molecular weight excluding hydrogens is 309 g/mol. The van der Waals surface area contributed by atoms with Crippen molar-refractivity contribution < 1.29 is 8.42 Å². The summed E-state index contributed by atoms with van der Waals surface area (Å²) in [5, 5.41) is 0.173. The van der Waals surface area contributed by atoms with Crippen LogP contribution in [-0.2, 0) is 23.6 Å². The minimum atomic E-state index is -3.66. The summed E-state index contributed by atoms with van der Waals surface area (Å²) in [6.45, 7) is 0.187. The van der Waals surface area contributed by atoms with Crippen molar-refractivity contribution in [1.29, 1.82) is 0 Å². The third-order valence-corrected chi connectivity index (χ3v) is 4.63. The van der Waals surface area contributed by atoms with E-state index in [1.165, 1.54) is 12.3 Å². The smallest absolute Gasteiger partial charge is 0.242 e. The van der Waals surface area contributed by atoms with Crippen molar-refractivity contribution in [3.63, 3.8) is 0 Å². The third kappa shape index (κ3) is 3.27. The van der Waals surface area contributed by atoms with Gasteiger partial charge in [0.1, 0.15) is 10.0 Å². The number of hydrogen-bond donors (Lipinski definition) is 1. The lowest BCUT2D eigenvalue weighted by atomic mass is 10.4. The van der Waals surface area contributed by atoms with Crippen LogP contribution in [0.1, 0.15) is 5.69 Å². The first kappa shape index (κ1) is 14.3. The van der Waals surface area contributed by atoms with E-state index in [0.29, 0.717) is 0 Å². The Bertz CT molecular complexity index is 698. The molecule has 1 N–H and O–H groups in total. The van der Waals surface area contributed by atoms with Crippen molar-refractivity contribution in [2.75, 3.05) is 0 Å². The highest BCUT2D eigenvalue weighted by Gasteiger charge is 2.16. The van der Waals surface area contributed by atoms with Gasteiger partial charge in [-0.2, -0.15) is 0 Å².